The molecule has 0 aromatic heterocycles. The quantitative estimate of drug-likeness (QED) is 0.790. The molecule has 0 aliphatic heterocycles. The summed E-state index contributed by atoms with van der Waals surface area (Å²) in [5.74, 6) is 0.0220. The number of halogens is 2. The van der Waals surface area contributed by atoms with E-state index in [9.17, 15) is 4.79 Å². The van der Waals surface area contributed by atoms with Gasteiger partial charge in [-0.15, -0.1) is 0 Å². The summed E-state index contributed by atoms with van der Waals surface area (Å²) < 4.78 is 0. The SMILES string of the molecule is CNCCCC(=O)NC(C)c1cccc(Cl)c1Cl. The average Bonchev–Trinajstić information content (AvgIpc) is 2.32. The molecule has 0 bridgehead atoms. The molecule has 1 amide bonds. The van der Waals surface area contributed by atoms with Crippen LogP contribution in [0.4, 0.5) is 0 Å². The molecule has 1 aromatic rings. The Morgan fingerprint density at radius 2 is 2.11 bits per heavy atom. The predicted molar refractivity (Wildman–Crippen MR) is 76.2 cm³/mol. The van der Waals surface area contributed by atoms with Gasteiger partial charge in [0.1, 0.15) is 0 Å². The molecule has 5 heteroatoms. The van der Waals surface area contributed by atoms with Gasteiger partial charge in [-0.1, -0.05) is 35.3 Å². The third-order valence-electron chi connectivity index (χ3n) is 2.66. The molecule has 1 atom stereocenters. The van der Waals surface area contributed by atoms with Crippen LogP contribution in [0.2, 0.25) is 10.0 Å². The van der Waals surface area contributed by atoms with Crippen LogP contribution in [0.1, 0.15) is 31.4 Å². The topological polar surface area (TPSA) is 41.1 Å². The number of carbonyl (C=O) groups excluding carboxylic acids is 1. The molecule has 0 spiro atoms. The lowest BCUT2D eigenvalue weighted by molar-refractivity contribution is -0.121. The van der Waals surface area contributed by atoms with Crippen molar-refractivity contribution in [1.82, 2.24) is 10.6 Å². The van der Waals surface area contributed by atoms with Crippen molar-refractivity contribution in [3.63, 3.8) is 0 Å². The molecule has 0 saturated heterocycles. The molecule has 0 fully saturated rings. The fourth-order valence-corrected chi connectivity index (χ4v) is 2.14. The standard InChI is InChI=1S/C13H18Cl2N2O/c1-9(17-12(18)7-4-8-16-2)10-5-3-6-11(14)13(10)15/h3,5-6,9,16H,4,7-8H2,1-2H3,(H,17,18). The van der Waals surface area contributed by atoms with Gasteiger partial charge in [0.2, 0.25) is 5.91 Å². The van der Waals surface area contributed by atoms with Crippen LogP contribution in [-0.2, 0) is 4.79 Å². The minimum absolute atomic E-state index is 0.0220. The first-order chi connectivity index (χ1) is 8.56. The Morgan fingerprint density at radius 3 is 2.78 bits per heavy atom. The lowest BCUT2D eigenvalue weighted by Crippen LogP contribution is -2.27. The Bertz CT molecular complexity index is 410. The van der Waals surface area contributed by atoms with E-state index < -0.39 is 0 Å². The first kappa shape index (κ1) is 15.3. The molecule has 1 aromatic carbocycles. The highest BCUT2D eigenvalue weighted by Crippen LogP contribution is 2.29. The second-order valence-corrected chi connectivity index (χ2v) is 4.92. The summed E-state index contributed by atoms with van der Waals surface area (Å²) in [5, 5.41) is 6.93. The lowest BCUT2D eigenvalue weighted by Gasteiger charge is -2.16. The maximum atomic E-state index is 11.7. The molecule has 0 aliphatic rings. The zero-order valence-electron chi connectivity index (χ0n) is 10.6. The summed E-state index contributed by atoms with van der Waals surface area (Å²) in [6, 6.07) is 5.28. The van der Waals surface area contributed by atoms with Gasteiger partial charge in [0.25, 0.3) is 0 Å². The first-order valence-electron chi connectivity index (χ1n) is 5.94. The van der Waals surface area contributed by atoms with E-state index in [0.717, 1.165) is 18.5 Å². The van der Waals surface area contributed by atoms with Crippen molar-refractivity contribution in [2.75, 3.05) is 13.6 Å². The Kier molecular flexibility index (Phi) is 6.47. The Morgan fingerprint density at radius 1 is 1.39 bits per heavy atom. The monoisotopic (exact) mass is 288 g/mol. The summed E-state index contributed by atoms with van der Waals surface area (Å²) in [6.45, 7) is 2.73. The molecule has 0 heterocycles. The number of carbonyl (C=O) groups is 1. The Labute approximate surface area is 118 Å². The number of rotatable bonds is 6. The Balaban J connectivity index is 2.57. The summed E-state index contributed by atoms with van der Waals surface area (Å²) in [4.78, 5) is 11.7. The maximum Gasteiger partial charge on any atom is 0.220 e. The molecule has 1 rings (SSSR count). The molecular formula is C13H18Cl2N2O. The largest absolute Gasteiger partial charge is 0.350 e. The Hall–Kier alpha value is -0.770. The second-order valence-electron chi connectivity index (χ2n) is 4.14. The fourth-order valence-electron chi connectivity index (χ4n) is 1.67. The van der Waals surface area contributed by atoms with E-state index in [1.165, 1.54) is 0 Å². The number of benzene rings is 1. The van der Waals surface area contributed by atoms with E-state index in [2.05, 4.69) is 10.6 Å². The number of nitrogens with one attached hydrogen (secondary N) is 2. The smallest absolute Gasteiger partial charge is 0.220 e. The van der Waals surface area contributed by atoms with Crippen molar-refractivity contribution in [3.8, 4) is 0 Å². The van der Waals surface area contributed by atoms with Crippen LogP contribution in [-0.4, -0.2) is 19.5 Å². The molecular weight excluding hydrogens is 271 g/mol. The van der Waals surface area contributed by atoms with Crippen LogP contribution >= 0.6 is 23.2 Å². The van der Waals surface area contributed by atoms with Crippen molar-refractivity contribution in [3.05, 3.63) is 33.8 Å². The number of hydrogen-bond acceptors (Lipinski definition) is 2. The number of amides is 1. The second kappa shape index (κ2) is 7.62. The minimum atomic E-state index is -0.140. The van der Waals surface area contributed by atoms with Gasteiger partial charge in [-0.25, -0.2) is 0 Å². The normalized spacial score (nSPS) is 12.2. The van der Waals surface area contributed by atoms with Gasteiger partial charge in [0.05, 0.1) is 16.1 Å². The van der Waals surface area contributed by atoms with Gasteiger partial charge in [0.15, 0.2) is 0 Å². The summed E-state index contributed by atoms with van der Waals surface area (Å²) in [5.41, 5.74) is 0.839. The third-order valence-corrected chi connectivity index (χ3v) is 3.49. The van der Waals surface area contributed by atoms with Gasteiger partial charge in [-0.3, -0.25) is 4.79 Å². The maximum absolute atomic E-state index is 11.7. The van der Waals surface area contributed by atoms with Gasteiger partial charge in [-0.2, -0.15) is 0 Å². The van der Waals surface area contributed by atoms with E-state index in [4.69, 9.17) is 23.2 Å². The fraction of sp³-hybridized carbons (Fsp3) is 0.462. The summed E-state index contributed by atoms with van der Waals surface area (Å²) in [7, 11) is 1.87. The van der Waals surface area contributed by atoms with Crippen molar-refractivity contribution in [2.24, 2.45) is 0 Å². The van der Waals surface area contributed by atoms with E-state index >= 15 is 0 Å². The molecule has 0 radical (unpaired) electrons. The van der Waals surface area contributed by atoms with Crippen LogP contribution in [0, 0.1) is 0 Å². The van der Waals surface area contributed by atoms with Crippen LogP contribution in [0.15, 0.2) is 18.2 Å². The van der Waals surface area contributed by atoms with Crippen molar-refractivity contribution < 1.29 is 4.79 Å². The highest BCUT2D eigenvalue weighted by molar-refractivity contribution is 6.42. The van der Waals surface area contributed by atoms with E-state index in [0.29, 0.717) is 16.5 Å². The number of hydrogen-bond donors (Lipinski definition) is 2. The highest BCUT2D eigenvalue weighted by Gasteiger charge is 2.13. The van der Waals surface area contributed by atoms with Crippen molar-refractivity contribution >= 4 is 29.1 Å². The van der Waals surface area contributed by atoms with Crippen LogP contribution in [0.3, 0.4) is 0 Å². The average molecular weight is 289 g/mol. The third kappa shape index (κ3) is 4.48. The molecule has 18 heavy (non-hydrogen) atoms. The van der Waals surface area contributed by atoms with Gasteiger partial charge in [0, 0.05) is 6.42 Å². The van der Waals surface area contributed by atoms with Crippen LogP contribution in [0.25, 0.3) is 0 Å². The molecule has 2 N–H and O–H groups in total. The van der Waals surface area contributed by atoms with Crippen molar-refractivity contribution in [2.45, 2.75) is 25.8 Å². The van der Waals surface area contributed by atoms with E-state index in [1.54, 1.807) is 6.07 Å². The minimum Gasteiger partial charge on any atom is -0.350 e. The summed E-state index contributed by atoms with van der Waals surface area (Å²) in [6.07, 6.45) is 1.32. The zero-order valence-corrected chi connectivity index (χ0v) is 12.1. The van der Waals surface area contributed by atoms with Gasteiger partial charge in [-0.05, 0) is 38.6 Å². The molecule has 1 unspecified atom stereocenters. The molecule has 0 saturated carbocycles. The molecule has 100 valence electrons. The van der Waals surface area contributed by atoms with Crippen LogP contribution in [0.5, 0.6) is 0 Å². The predicted octanol–water partition coefficient (Wildman–Crippen LogP) is 3.17. The highest BCUT2D eigenvalue weighted by atomic mass is 35.5. The van der Waals surface area contributed by atoms with E-state index in [1.807, 2.05) is 26.1 Å². The molecule has 0 aliphatic carbocycles. The first-order valence-corrected chi connectivity index (χ1v) is 6.69. The summed E-state index contributed by atoms with van der Waals surface area (Å²) >= 11 is 12.0. The molecule has 3 nitrogen and oxygen atoms in total. The van der Waals surface area contributed by atoms with Gasteiger partial charge >= 0.3 is 0 Å². The van der Waals surface area contributed by atoms with Crippen LogP contribution < -0.4 is 10.6 Å². The lowest BCUT2D eigenvalue weighted by atomic mass is 10.1. The van der Waals surface area contributed by atoms with Gasteiger partial charge < -0.3 is 10.6 Å². The van der Waals surface area contributed by atoms with E-state index in [-0.39, 0.29) is 11.9 Å². The zero-order chi connectivity index (χ0) is 13.5. The van der Waals surface area contributed by atoms with Crippen molar-refractivity contribution in [1.29, 1.82) is 0 Å².